The summed E-state index contributed by atoms with van der Waals surface area (Å²) in [4.78, 5) is 29.1. The van der Waals surface area contributed by atoms with E-state index in [9.17, 15) is 9.59 Å². The van der Waals surface area contributed by atoms with Gasteiger partial charge in [-0.2, -0.15) is 0 Å². The summed E-state index contributed by atoms with van der Waals surface area (Å²) in [5.74, 6) is -5.38. The van der Waals surface area contributed by atoms with E-state index in [4.69, 9.17) is 26.0 Å². The summed E-state index contributed by atoms with van der Waals surface area (Å²) in [5.41, 5.74) is 0.476. The molecule has 6 rings (SSSR count). The van der Waals surface area contributed by atoms with Gasteiger partial charge in [-0.15, -0.1) is 0 Å². The fraction of sp³-hybridized carbons (Fsp3) is 0.147. The molecule has 44 heavy (non-hydrogen) atoms. The van der Waals surface area contributed by atoms with Gasteiger partial charge in [0.15, 0.2) is 0 Å². The molecule has 0 aromatic heterocycles. The number of methoxy groups -OCH3 is 2. The number of carbonyl (C=O) groups excluding carboxylic acids is 2. The molecule has 0 N–H and O–H groups in total. The van der Waals surface area contributed by atoms with E-state index in [0.29, 0.717) is 10.5 Å². The van der Waals surface area contributed by atoms with Crippen molar-refractivity contribution in [3.8, 4) is 0 Å². The van der Waals surface area contributed by atoms with E-state index in [1.54, 1.807) is 11.4 Å². The summed E-state index contributed by atoms with van der Waals surface area (Å²) >= 11 is 7.49. The first-order valence-electron chi connectivity index (χ1n) is 14.0. The second-order valence-electron chi connectivity index (χ2n) is 10.9. The number of nitrogens with zero attached hydrogens (tertiary/aromatic N) is 2. The van der Waals surface area contributed by atoms with Crippen molar-refractivity contribution in [3.63, 3.8) is 0 Å². The molecule has 0 saturated carbocycles. The van der Waals surface area contributed by atoms with E-state index in [1.807, 2.05) is 135 Å². The Morgan fingerprint density at radius 3 is 1.52 bits per heavy atom. The Kier molecular flexibility index (Phi) is 7.70. The summed E-state index contributed by atoms with van der Waals surface area (Å²) in [7, 11) is 2.71. The maximum atomic E-state index is 14.6. The Bertz CT molecular complexity index is 1780. The second kappa shape index (κ2) is 11.1. The first kappa shape index (κ1) is 30.5. The number of hydrogen-bond donors (Lipinski definition) is 0. The molecule has 2 heterocycles. The van der Waals surface area contributed by atoms with E-state index in [1.165, 1.54) is 14.2 Å². The third kappa shape index (κ3) is 4.05. The standard InChI is InChI=1S/C34H32N2O4P2S2/c1-39-31(37)29-30(32(38)40-2)42(27-21-13-7-14-22-27,28-23-15-8-16-24-28)36(33(44-42)35-41(3,4)43)34(29,25-17-9-5-10-18-25)26-19-11-6-12-20-26/h5-24H,1-4H3/b35-33-. The van der Waals surface area contributed by atoms with Crippen LogP contribution in [-0.4, -0.2) is 49.3 Å². The zero-order chi connectivity index (χ0) is 31.2. The zero-order valence-corrected chi connectivity index (χ0v) is 28.2. The molecular formula is C34H32N2O4P2S2. The van der Waals surface area contributed by atoms with Gasteiger partial charge in [0.1, 0.15) is 0 Å². The van der Waals surface area contributed by atoms with Crippen LogP contribution in [0.5, 0.6) is 0 Å². The fourth-order valence-electron chi connectivity index (χ4n) is 6.62. The zero-order valence-electron chi connectivity index (χ0n) is 24.8. The van der Waals surface area contributed by atoms with E-state index >= 15 is 0 Å². The monoisotopic (exact) mass is 658 g/mol. The number of esters is 2. The summed E-state index contributed by atoms with van der Waals surface area (Å²) in [6.45, 7) is 3.96. The minimum atomic E-state index is -4.18. The summed E-state index contributed by atoms with van der Waals surface area (Å²) in [6.07, 6.45) is -2.19. The molecule has 0 spiro atoms. The van der Waals surface area contributed by atoms with Crippen LogP contribution >= 0.6 is 23.5 Å². The first-order valence-corrected chi connectivity index (χ1v) is 21.2. The molecule has 4 aromatic rings. The van der Waals surface area contributed by atoms with Gasteiger partial charge < -0.3 is 0 Å². The molecule has 0 bridgehead atoms. The van der Waals surface area contributed by atoms with Gasteiger partial charge in [0.2, 0.25) is 0 Å². The average molecular weight is 659 g/mol. The molecule has 0 unspecified atom stereocenters. The SMILES string of the molecule is COC(=O)C1=C(C(=O)OC)P2(c3ccccc3)(c3ccccc3)S/C(=N\P(C)(C)=S)N2C1(c1ccccc1)c1ccccc1. The Balaban J connectivity index is 1.98. The number of ether oxygens (including phenoxy) is 2. The number of fused-ring (bicyclic) bond motifs is 1. The van der Waals surface area contributed by atoms with Crippen LogP contribution in [0.2, 0.25) is 0 Å². The third-order valence-corrected chi connectivity index (χ3v) is 18.9. The number of benzene rings is 4. The molecule has 0 amide bonds. The van der Waals surface area contributed by atoms with Gasteiger partial charge in [-0.25, -0.2) is 0 Å². The molecule has 10 heteroatoms. The van der Waals surface area contributed by atoms with Crippen molar-refractivity contribution in [2.45, 2.75) is 5.54 Å². The van der Waals surface area contributed by atoms with Crippen molar-refractivity contribution in [3.05, 3.63) is 143 Å². The topological polar surface area (TPSA) is 68.2 Å². The molecule has 2 aliphatic heterocycles. The molecule has 2 aliphatic rings. The van der Waals surface area contributed by atoms with Crippen molar-refractivity contribution in [2.24, 2.45) is 4.76 Å². The molecule has 0 radical (unpaired) electrons. The van der Waals surface area contributed by atoms with Gasteiger partial charge in [-0.1, -0.05) is 0 Å². The average Bonchev–Trinajstić information content (AvgIpc) is 3.25. The van der Waals surface area contributed by atoms with E-state index in [0.717, 1.165) is 21.7 Å². The number of hydrogen-bond acceptors (Lipinski definition) is 6. The van der Waals surface area contributed by atoms with Crippen LogP contribution in [0.4, 0.5) is 0 Å². The molecular weight excluding hydrogens is 626 g/mol. The minimum absolute atomic E-state index is 0.216. The van der Waals surface area contributed by atoms with Crippen LogP contribution in [0.15, 0.2) is 137 Å². The quantitative estimate of drug-likeness (QED) is 0.163. The Labute approximate surface area is 267 Å². The molecule has 224 valence electrons. The fourth-order valence-corrected chi connectivity index (χ4v) is 19.1. The Morgan fingerprint density at radius 2 is 1.14 bits per heavy atom. The molecule has 6 nitrogen and oxygen atoms in total. The molecule has 1 fully saturated rings. The van der Waals surface area contributed by atoms with E-state index in [-0.39, 0.29) is 5.57 Å². The summed E-state index contributed by atoms with van der Waals surface area (Å²) in [5, 5.41) is 2.76. The molecule has 0 aliphatic carbocycles. The van der Waals surface area contributed by atoms with Crippen LogP contribution < -0.4 is 10.6 Å². The van der Waals surface area contributed by atoms with Crippen LogP contribution in [0, 0.1) is 0 Å². The van der Waals surface area contributed by atoms with Crippen molar-refractivity contribution < 1.29 is 19.1 Å². The van der Waals surface area contributed by atoms with Crippen LogP contribution in [0.25, 0.3) is 0 Å². The van der Waals surface area contributed by atoms with E-state index < -0.39 is 29.6 Å². The van der Waals surface area contributed by atoms with Crippen LogP contribution in [0.3, 0.4) is 0 Å². The summed E-state index contributed by atoms with van der Waals surface area (Å²) < 4.78 is 18.7. The van der Waals surface area contributed by atoms with Crippen LogP contribution in [-0.2, 0) is 36.4 Å². The molecule has 0 atom stereocenters. The van der Waals surface area contributed by atoms with E-state index in [2.05, 4.69) is 4.67 Å². The van der Waals surface area contributed by atoms with Crippen molar-refractivity contribution in [1.82, 2.24) is 4.67 Å². The predicted molar refractivity (Wildman–Crippen MR) is 187 cm³/mol. The van der Waals surface area contributed by atoms with Gasteiger partial charge in [0.05, 0.1) is 0 Å². The van der Waals surface area contributed by atoms with Crippen molar-refractivity contribution >= 4 is 63.0 Å². The third-order valence-electron chi connectivity index (χ3n) is 8.10. The Morgan fingerprint density at radius 1 is 0.727 bits per heavy atom. The van der Waals surface area contributed by atoms with Gasteiger partial charge >= 0.3 is 268 Å². The van der Waals surface area contributed by atoms with Gasteiger partial charge in [-0.3, -0.25) is 0 Å². The van der Waals surface area contributed by atoms with Crippen molar-refractivity contribution in [1.29, 1.82) is 0 Å². The molecule has 4 aromatic carbocycles. The number of amidine groups is 1. The van der Waals surface area contributed by atoms with Gasteiger partial charge in [0, 0.05) is 0 Å². The van der Waals surface area contributed by atoms with Gasteiger partial charge in [-0.05, 0) is 0 Å². The predicted octanol–water partition coefficient (Wildman–Crippen LogP) is 6.64. The molecule has 1 saturated heterocycles. The van der Waals surface area contributed by atoms with Gasteiger partial charge in [0.25, 0.3) is 0 Å². The summed E-state index contributed by atoms with van der Waals surface area (Å²) in [6, 6.07) is 39.6. The maximum absolute atomic E-state index is 14.6. The Hall–Kier alpha value is -3.54. The van der Waals surface area contributed by atoms with Crippen LogP contribution in [0.1, 0.15) is 11.1 Å². The first-order chi connectivity index (χ1) is 21.2. The number of rotatable bonds is 7. The number of carbonyl (C=O) groups is 2. The van der Waals surface area contributed by atoms with Crippen molar-refractivity contribution in [2.75, 3.05) is 27.5 Å². The second-order valence-corrected chi connectivity index (χ2v) is 23.5. The normalized spacial score (nSPS) is 19.7.